The van der Waals surface area contributed by atoms with Gasteiger partial charge in [0.1, 0.15) is 5.75 Å². The molecule has 0 spiro atoms. The normalized spacial score (nSPS) is 16.6. The van der Waals surface area contributed by atoms with Gasteiger partial charge in [-0.1, -0.05) is 12.1 Å². The quantitative estimate of drug-likeness (QED) is 0.764. The van der Waals surface area contributed by atoms with Crippen LogP contribution in [0.3, 0.4) is 0 Å². The summed E-state index contributed by atoms with van der Waals surface area (Å²) in [6.07, 6.45) is 2.29. The molecule has 1 saturated heterocycles. The lowest BCUT2D eigenvalue weighted by molar-refractivity contribution is 0.0951. The Morgan fingerprint density at radius 3 is 2.71 bits per heavy atom. The van der Waals surface area contributed by atoms with Crippen LogP contribution in [0.5, 0.6) is 5.75 Å². The molecular formula is C19H23N3O2. The van der Waals surface area contributed by atoms with E-state index in [1.165, 1.54) is 6.42 Å². The lowest BCUT2D eigenvalue weighted by Crippen LogP contribution is -2.37. The molecule has 1 heterocycles. The van der Waals surface area contributed by atoms with Crippen LogP contribution in [-0.4, -0.2) is 32.1 Å². The standard InChI is InChI=1S/C19H23N3O2/c1-24-16-10-8-14(9-11-16)22-18-7-3-2-6-17(18)19(23)21-13-15-5-4-12-20-15/h2-3,6-11,15,20,22H,4-5,12-13H2,1H3,(H,21,23). The summed E-state index contributed by atoms with van der Waals surface area (Å²) in [7, 11) is 1.64. The predicted octanol–water partition coefficient (Wildman–Crippen LogP) is 2.92. The second-order valence-corrected chi connectivity index (χ2v) is 5.90. The monoisotopic (exact) mass is 325 g/mol. The second-order valence-electron chi connectivity index (χ2n) is 5.90. The second kappa shape index (κ2) is 7.84. The summed E-state index contributed by atoms with van der Waals surface area (Å²) in [5, 5.41) is 9.71. The number of ether oxygens (including phenoxy) is 1. The zero-order valence-electron chi connectivity index (χ0n) is 13.8. The van der Waals surface area contributed by atoms with E-state index in [1.54, 1.807) is 7.11 Å². The van der Waals surface area contributed by atoms with E-state index < -0.39 is 0 Å². The van der Waals surface area contributed by atoms with Crippen LogP contribution < -0.4 is 20.7 Å². The number of carbonyl (C=O) groups excluding carboxylic acids is 1. The van der Waals surface area contributed by atoms with Gasteiger partial charge in [-0.3, -0.25) is 4.79 Å². The van der Waals surface area contributed by atoms with Crippen molar-refractivity contribution in [2.75, 3.05) is 25.5 Å². The lowest BCUT2D eigenvalue weighted by Gasteiger charge is -2.15. The summed E-state index contributed by atoms with van der Waals surface area (Å²) in [5.41, 5.74) is 2.35. The molecule has 0 radical (unpaired) electrons. The molecule has 1 unspecified atom stereocenters. The molecule has 1 aliphatic rings. The van der Waals surface area contributed by atoms with Crippen molar-refractivity contribution in [2.45, 2.75) is 18.9 Å². The molecule has 3 rings (SSSR count). The van der Waals surface area contributed by atoms with Gasteiger partial charge >= 0.3 is 0 Å². The van der Waals surface area contributed by atoms with E-state index in [4.69, 9.17) is 4.74 Å². The maximum absolute atomic E-state index is 12.5. The van der Waals surface area contributed by atoms with Crippen molar-refractivity contribution >= 4 is 17.3 Å². The first-order valence-electron chi connectivity index (χ1n) is 8.28. The first kappa shape index (κ1) is 16.3. The Morgan fingerprint density at radius 2 is 2.00 bits per heavy atom. The fourth-order valence-electron chi connectivity index (χ4n) is 2.86. The van der Waals surface area contributed by atoms with E-state index in [0.717, 1.165) is 30.1 Å². The third kappa shape index (κ3) is 4.06. The smallest absolute Gasteiger partial charge is 0.253 e. The van der Waals surface area contributed by atoms with Gasteiger partial charge in [0.2, 0.25) is 0 Å². The van der Waals surface area contributed by atoms with Crippen molar-refractivity contribution in [1.82, 2.24) is 10.6 Å². The number of anilines is 2. The minimum atomic E-state index is -0.0553. The molecule has 126 valence electrons. The topological polar surface area (TPSA) is 62.4 Å². The van der Waals surface area contributed by atoms with Gasteiger partial charge in [0.15, 0.2) is 0 Å². The van der Waals surface area contributed by atoms with Crippen molar-refractivity contribution < 1.29 is 9.53 Å². The number of rotatable bonds is 6. The molecule has 0 aromatic heterocycles. The maximum atomic E-state index is 12.5. The summed E-state index contributed by atoms with van der Waals surface area (Å²) in [6.45, 7) is 1.70. The SMILES string of the molecule is COc1ccc(Nc2ccccc2C(=O)NCC2CCCN2)cc1. The molecule has 5 heteroatoms. The van der Waals surface area contributed by atoms with Crippen molar-refractivity contribution in [3.63, 3.8) is 0 Å². The zero-order valence-corrected chi connectivity index (χ0v) is 13.8. The summed E-state index contributed by atoms with van der Waals surface area (Å²) >= 11 is 0. The largest absolute Gasteiger partial charge is 0.497 e. The molecule has 1 aliphatic heterocycles. The molecule has 5 nitrogen and oxygen atoms in total. The molecule has 3 N–H and O–H groups in total. The first-order chi connectivity index (χ1) is 11.8. The van der Waals surface area contributed by atoms with Gasteiger partial charge in [-0.15, -0.1) is 0 Å². The summed E-state index contributed by atoms with van der Waals surface area (Å²) in [6, 6.07) is 15.6. The van der Waals surface area contributed by atoms with Crippen LogP contribution in [0.4, 0.5) is 11.4 Å². The number of hydrogen-bond acceptors (Lipinski definition) is 4. The van der Waals surface area contributed by atoms with Crippen LogP contribution in [0.2, 0.25) is 0 Å². The van der Waals surface area contributed by atoms with Crippen LogP contribution in [-0.2, 0) is 0 Å². The van der Waals surface area contributed by atoms with Crippen molar-refractivity contribution in [3.05, 3.63) is 54.1 Å². The maximum Gasteiger partial charge on any atom is 0.253 e. The highest BCUT2D eigenvalue weighted by Crippen LogP contribution is 2.23. The molecule has 2 aromatic carbocycles. The molecule has 2 aromatic rings. The Kier molecular flexibility index (Phi) is 5.33. The van der Waals surface area contributed by atoms with E-state index in [0.29, 0.717) is 18.2 Å². The van der Waals surface area contributed by atoms with Crippen LogP contribution in [0.1, 0.15) is 23.2 Å². The average molecular weight is 325 g/mol. The Morgan fingerprint density at radius 1 is 1.21 bits per heavy atom. The Hall–Kier alpha value is -2.53. The number of benzene rings is 2. The van der Waals surface area contributed by atoms with Gasteiger partial charge in [0.25, 0.3) is 5.91 Å². The van der Waals surface area contributed by atoms with E-state index in [2.05, 4.69) is 16.0 Å². The molecule has 1 atom stereocenters. The van der Waals surface area contributed by atoms with Gasteiger partial charge in [-0.2, -0.15) is 0 Å². The van der Waals surface area contributed by atoms with Crippen molar-refractivity contribution in [2.24, 2.45) is 0 Å². The van der Waals surface area contributed by atoms with E-state index >= 15 is 0 Å². The molecule has 0 bridgehead atoms. The fraction of sp³-hybridized carbons (Fsp3) is 0.316. The molecule has 0 aliphatic carbocycles. The van der Waals surface area contributed by atoms with Gasteiger partial charge in [-0.05, 0) is 55.8 Å². The third-order valence-electron chi connectivity index (χ3n) is 4.21. The predicted molar refractivity (Wildman–Crippen MR) is 96.1 cm³/mol. The summed E-state index contributed by atoms with van der Waals surface area (Å²) < 4.78 is 5.16. The van der Waals surface area contributed by atoms with Gasteiger partial charge in [0.05, 0.1) is 18.4 Å². The Labute approximate surface area is 142 Å². The average Bonchev–Trinajstić information content (AvgIpc) is 3.14. The van der Waals surface area contributed by atoms with E-state index in [1.807, 2.05) is 48.5 Å². The number of para-hydroxylation sites is 1. The number of methoxy groups -OCH3 is 1. The summed E-state index contributed by atoms with van der Waals surface area (Å²) in [4.78, 5) is 12.5. The Balaban J connectivity index is 1.68. The number of carbonyl (C=O) groups is 1. The lowest BCUT2D eigenvalue weighted by atomic mass is 10.1. The van der Waals surface area contributed by atoms with Gasteiger partial charge in [-0.25, -0.2) is 0 Å². The number of amides is 1. The minimum Gasteiger partial charge on any atom is -0.497 e. The molecule has 0 saturated carbocycles. The van der Waals surface area contributed by atoms with Gasteiger partial charge in [0, 0.05) is 18.3 Å². The molecule has 1 fully saturated rings. The zero-order chi connectivity index (χ0) is 16.8. The molecule has 1 amide bonds. The van der Waals surface area contributed by atoms with Crippen LogP contribution in [0, 0.1) is 0 Å². The Bertz CT molecular complexity index is 679. The van der Waals surface area contributed by atoms with Crippen molar-refractivity contribution in [1.29, 1.82) is 0 Å². The van der Waals surface area contributed by atoms with Crippen LogP contribution >= 0.6 is 0 Å². The highest BCUT2D eigenvalue weighted by Gasteiger charge is 2.16. The van der Waals surface area contributed by atoms with Gasteiger partial charge < -0.3 is 20.7 Å². The minimum absolute atomic E-state index is 0.0553. The molecule has 24 heavy (non-hydrogen) atoms. The third-order valence-corrected chi connectivity index (χ3v) is 4.21. The van der Waals surface area contributed by atoms with Crippen LogP contribution in [0.15, 0.2) is 48.5 Å². The highest BCUT2D eigenvalue weighted by atomic mass is 16.5. The number of hydrogen-bond donors (Lipinski definition) is 3. The van der Waals surface area contributed by atoms with Crippen LogP contribution in [0.25, 0.3) is 0 Å². The molecular weight excluding hydrogens is 302 g/mol. The number of nitrogens with one attached hydrogen (secondary N) is 3. The fourth-order valence-corrected chi connectivity index (χ4v) is 2.86. The van der Waals surface area contributed by atoms with E-state index in [9.17, 15) is 4.79 Å². The van der Waals surface area contributed by atoms with E-state index in [-0.39, 0.29) is 5.91 Å². The highest BCUT2D eigenvalue weighted by molar-refractivity contribution is 6.00. The first-order valence-corrected chi connectivity index (χ1v) is 8.28. The van der Waals surface area contributed by atoms with Crippen molar-refractivity contribution in [3.8, 4) is 5.75 Å². The summed E-state index contributed by atoms with van der Waals surface area (Å²) in [5.74, 6) is 0.746.